The van der Waals surface area contributed by atoms with Crippen molar-refractivity contribution < 1.29 is 22.4 Å². The van der Waals surface area contributed by atoms with Crippen molar-refractivity contribution in [1.82, 2.24) is 10.2 Å². The third-order valence-electron chi connectivity index (χ3n) is 6.22. The lowest BCUT2D eigenvalue weighted by Crippen LogP contribution is -2.52. The van der Waals surface area contributed by atoms with Crippen molar-refractivity contribution >= 4 is 27.5 Å². The summed E-state index contributed by atoms with van der Waals surface area (Å²) < 4.78 is 43.2. The molecule has 0 aliphatic carbocycles. The number of benzene rings is 3. The van der Waals surface area contributed by atoms with Crippen LogP contribution in [0, 0.1) is 19.7 Å². The molecule has 2 amide bonds. The normalized spacial score (nSPS) is 12.0. The minimum atomic E-state index is -4.32. The fourth-order valence-corrected chi connectivity index (χ4v) is 5.53. The van der Waals surface area contributed by atoms with E-state index in [1.54, 1.807) is 26.0 Å². The Balaban J connectivity index is 2.06. The molecule has 0 unspecified atom stereocenters. The molecule has 1 N–H and O–H groups in total. The van der Waals surface area contributed by atoms with Gasteiger partial charge >= 0.3 is 0 Å². The van der Waals surface area contributed by atoms with Crippen LogP contribution < -0.4 is 9.62 Å². The lowest BCUT2D eigenvalue weighted by Gasteiger charge is -2.33. The maximum Gasteiger partial charge on any atom is 0.264 e. The second-order valence-corrected chi connectivity index (χ2v) is 11.0. The molecule has 3 rings (SSSR count). The lowest BCUT2D eigenvalue weighted by atomic mass is 10.1. The van der Waals surface area contributed by atoms with Crippen LogP contribution in [0.5, 0.6) is 0 Å². The third-order valence-corrected chi connectivity index (χ3v) is 7.99. The van der Waals surface area contributed by atoms with E-state index in [4.69, 9.17) is 0 Å². The number of anilines is 1. The number of carbonyl (C=O) groups is 2. The van der Waals surface area contributed by atoms with Crippen LogP contribution >= 0.6 is 0 Å². The fourth-order valence-electron chi connectivity index (χ4n) is 4.11. The van der Waals surface area contributed by atoms with Gasteiger partial charge in [-0.15, -0.1) is 0 Å². The fraction of sp³-hybridized carbons (Fsp3) is 0.310. The lowest BCUT2D eigenvalue weighted by molar-refractivity contribution is -0.140. The largest absolute Gasteiger partial charge is 0.355 e. The summed E-state index contributed by atoms with van der Waals surface area (Å²) in [6.07, 6.45) is 0.313. The first kappa shape index (κ1) is 28.8. The van der Waals surface area contributed by atoms with Gasteiger partial charge in [0.2, 0.25) is 11.8 Å². The van der Waals surface area contributed by atoms with Gasteiger partial charge in [0.25, 0.3) is 10.0 Å². The number of nitrogens with zero attached hydrogens (tertiary/aromatic N) is 2. The Labute approximate surface area is 224 Å². The van der Waals surface area contributed by atoms with Crippen LogP contribution in [0.25, 0.3) is 0 Å². The maximum atomic E-state index is 14.9. The number of rotatable bonds is 11. The zero-order chi connectivity index (χ0) is 27.9. The number of nitrogens with one attached hydrogen (secondary N) is 1. The first-order valence-electron chi connectivity index (χ1n) is 12.5. The molecule has 0 spiro atoms. The number of carbonyl (C=O) groups excluding carboxylic acids is 2. The van der Waals surface area contributed by atoms with Crippen molar-refractivity contribution in [2.24, 2.45) is 0 Å². The Morgan fingerprint density at radius 2 is 1.47 bits per heavy atom. The van der Waals surface area contributed by atoms with Gasteiger partial charge in [0.05, 0.1) is 10.6 Å². The molecule has 0 heterocycles. The average Bonchev–Trinajstić information content (AvgIpc) is 2.89. The molecule has 0 aliphatic rings. The van der Waals surface area contributed by atoms with Crippen LogP contribution in [0.15, 0.2) is 77.7 Å². The van der Waals surface area contributed by atoms with Gasteiger partial charge in [-0.3, -0.25) is 13.9 Å². The number of hydrogen-bond donors (Lipinski definition) is 1. The molecule has 0 saturated carbocycles. The third kappa shape index (κ3) is 6.77. The summed E-state index contributed by atoms with van der Waals surface area (Å²) in [7, 11) is -4.32. The minimum Gasteiger partial charge on any atom is -0.355 e. The number of para-hydroxylation sites is 1. The van der Waals surface area contributed by atoms with Crippen LogP contribution in [-0.2, 0) is 26.2 Å². The molecule has 0 aliphatic heterocycles. The van der Waals surface area contributed by atoms with Crippen molar-refractivity contribution in [3.05, 3.63) is 95.3 Å². The number of amides is 2. The van der Waals surface area contributed by atoms with E-state index in [1.807, 2.05) is 38.1 Å². The number of aryl methyl sites for hydroxylation is 2. The molecule has 1 atom stereocenters. The van der Waals surface area contributed by atoms with Gasteiger partial charge in [0.1, 0.15) is 18.4 Å². The predicted molar refractivity (Wildman–Crippen MR) is 147 cm³/mol. The summed E-state index contributed by atoms with van der Waals surface area (Å²) >= 11 is 0. The molecule has 0 aromatic heterocycles. The van der Waals surface area contributed by atoms with Crippen LogP contribution in [0.4, 0.5) is 10.1 Å². The molecule has 202 valence electrons. The van der Waals surface area contributed by atoms with Crippen molar-refractivity contribution in [1.29, 1.82) is 0 Å². The summed E-state index contributed by atoms with van der Waals surface area (Å²) in [5.41, 5.74) is 2.43. The second kappa shape index (κ2) is 12.7. The highest BCUT2D eigenvalue weighted by atomic mass is 32.2. The van der Waals surface area contributed by atoms with Gasteiger partial charge in [-0.2, -0.15) is 0 Å². The SMILES string of the molecule is CCNC(=O)[C@H](CC)N(Cc1ccc(C)cc1)C(=O)CN(c1ccccc1F)S(=O)(=O)c1ccc(C)cc1. The Bertz CT molecular complexity index is 1360. The Kier molecular flexibility index (Phi) is 9.63. The summed E-state index contributed by atoms with van der Waals surface area (Å²) in [6.45, 7) is 7.12. The highest BCUT2D eigenvalue weighted by molar-refractivity contribution is 7.92. The number of sulfonamides is 1. The van der Waals surface area contributed by atoms with E-state index in [0.29, 0.717) is 13.0 Å². The van der Waals surface area contributed by atoms with Crippen LogP contribution in [0.1, 0.15) is 37.0 Å². The Hall–Kier alpha value is -3.72. The molecule has 7 nitrogen and oxygen atoms in total. The maximum absolute atomic E-state index is 14.9. The Morgan fingerprint density at radius 1 is 0.895 bits per heavy atom. The van der Waals surface area contributed by atoms with E-state index >= 15 is 0 Å². The highest BCUT2D eigenvalue weighted by Gasteiger charge is 2.34. The van der Waals surface area contributed by atoms with Crippen LogP contribution in [-0.4, -0.2) is 44.3 Å². The van der Waals surface area contributed by atoms with Crippen LogP contribution in [0.3, 0.4) is 0 Å². The number of likely N-dealkylation sites (N-methyl/N-ethyl adjacent to an activating group) is 1. The van der Waals surface area contributed by atoms with E-state index in [-0.39, 0.29) is 23.0 Å². The predicted octanol–water partition coefficient (Wildman–Crippen LogP) is 4.58. The smallest absolute Gasteiger partial charge is 0.264 e. The molecule has 38 heavy (non-hydrogen) atoms. The standard InChI is InChI=1S/C29H34FN3O4S/c1-5-26(29(35)31-6-2)32(19-23-15-11-21(3)12-16-23)28(34)20-33(27-10-8-7-9-25(27)30)38(36,37)24-17-13-22(4)14-18-24/h7-18,26H,5-6,19-20H2,1-4H3,(H,31,35)/t26-/m0/s1. The van der Waals surface area contributed by atoms with E-state index in [0.717, 1.165) is 27.1 Å². The highest BCUT2D eigenvalue weighted by Crippen LogP contribution is 2.27. The molecule has 0 bridgehead atoms. The second-order valence-electron chi connectivity index (χ2n) is 9.10. The van der Waals surface area contributed by atoms with Gasteiger partial charge in [0, 0.05) is 13.1 Å². The topological polar surface area (TPSA) is 86.8 Å². The Morgan fingerprint density at radius 3 is 2.03 bits per heavy atom. The van der Waals surface area contributed by atoms with Crippen LogP contribution in [0.2, 0.25) is 0 Å². The number of hydrogen-bond acceptors (Lipinski definition) is 4. The van der Waals surface area contributed by atoms with E-state index in [9.17, 15) is 22.4 Å². The molecule has 0 radical (unpaired) electrons. The van der Waals surface area contributed by atoms with Gasteiger partial charge in [-0.05, 0) is 57.0 Å². The van der Waals surface area contributed by atoms with Gasteiger partial charge < -0.3 is 10.2 Å². The minimum absolute atomic E-state index is 0.0694. The van der Waals surface area contributed by atoms with Crippen molar-refractivity contribution in [2.45, 2.75) is 51.6 Å². The summed E-state index contributed by atoms with van der Waals surface area (Å²) in [6, 6.07) is 18.2. The quantitative estimate of drug-likeness (QED) is 0.387. The van der Waals surface area contributed by atoms with Crippen molar-refractivity contribution in [3.8, 4) is 0 Å². The van der Waals surface area contributed by atoms with E-state index in [2.05, 4.69) is 5.32 Å². The zero-order valence-electron chi connectivity index (χ0n) is 22.1. The first-order valence-corrected chi connectivity index (χ1v) is 14.0. The van der Waals surface area contributed by atoms with Gasteiger partial charge in [-0.25, -0.2) is 12.8 Å². The average molecular weight is 540 g/mol. The molecular weight excluding hydrogens is 505 g/mol. The van der Waals surface area contributed by atoms with Gasteiger partial charge in [0.15, 0.2) is 0 Å². The molecular formula is C29H34FN3O4S. The van der Waals surface area contributed by atoms with Gasteiger partial charge in [-0.1, -0.05) is 66.6 Å². The zero-order valence-corrected chi connectivity index (χ0v) is 23.0. The first-order chi connectivity index (χ1) is 18.1. The molecule has 0 fully saturated rings. The van der Waals surface area contributed by atoms with Crippen molar-refractivity contribution in [2.75, 3.05) is 17.4 Å². The summed E-state index contributed by atoms with van der Waals surface area (Å²) in [4.78, 5) is 28.1. The molecule has 0 saturated heterocycles. The van der Waals surface area contributed by atoms with Crippen molar-refractivity contribution in [3.63, 3.8) is 0 Å². The molecule has 3 aromatic carbocycles. The van der Waals surface area contributed by atoms with E-state index < -0.39 is 34.3 Å². The summed E-state index contributed by atoms with van der Waals surface area (Å²) in [5, 5.41) is 2.76. The van der Waals surface area contributed by atoms with E-state index in [1.165, 1.54) is 35.2 Å². The molecule has 3 aromatic rings. The number of halogens is 1. The summed E-state index contributed by atoms with van der Waals surface area (Å²) in [5.74, 6) is -1.74. The monoisotopic (exact) mass is 539 g/mol. The molecule has 9 heteroatoms.